The lowest BCUT2D eigenvalue weighted by Crippen LogP contribution is -2.13. The predicted molar refractivity (Wildman–Crippen MR) is 56.4 cm³/mol. The van der Waals surface area contributed by atoms with Gasteiger partial charge in [-0.3, -0.25) is 0 Å². The van der Waals surface area contributed by atoms with Gasteiger partial charge >= 0.3 is 0 Å². The van der Waals surface area contributed by atoms with Crippen molar-refractivity contribution in [1.82, 2.24) is 5.32 Å². The van der Waals surface area contributed by atoms with Crippen LogP contribution in [0.1, 0.15) is 24.4 Å². The predicted octanol–water partition coefficient (Wildman–Crippen LogP) is 3.42. The molecule has 1 heterocycles. The molecule has 1 aliphatic heterocycles. The van der Waals surface area contributed by atoms with E-state index in [2.05, 4.69) is 5.32 Å². The lowest BCUT2D eigenvalue weighted by Gasteiger charge is -2.12. The van der Waals surface area contributed by atoms with Crippen LogP contribution in [-0.4, -0.2) is 6.54 Å². The highest BCUT2D eigenvalue weighted by molar-refractivity contribution is 6.42. The molecule has 3 heteroatoms. The smallest absolute Gasteiger partial charge is 0.0640 e. The lowest BCUT2D eigenvalue weighted by atomic mass is 10.1. The van der Waals surface area contributed by atoms with Crippen LogP contribution >= 0.6 is 23.2 Å². The molecule has 0 saturated carbocycles. The van der Waals surface area contributed by atoms with Gasteiger partial charge in [-0.1, -0.05) is 35.3 Å². The van der Waals surface area contributed by atoms with Crippen molar-refractivity contribution in [3.63, 3.8) is 0 Å². The Kier molecular flexibility index (Phi) is 2.77. The molecular weight excluding hydrogens is 205 g/mol. The summed E-state index contributed by atoms with van der Waals surface area (Å²) in [7, 11) is 0. The zero-order valence-electron chi connectivity index (χ0n) is 7.19. The molecule has 1 saturated heterocycles. The van der Waals surface area contributed by atoms with Gasteiger partial charge < -0.3 is 5.32 Å². The zero-order valence-corrected chi connectivity index (χ0v) is 8.70. The maximum absolute atomic E-state index is 6.10. The van der Waals surface area contributed by atoms with Gasteiger partial charge in [0.05, 0.1) is 10.0 Å². The van der Waals surface area contributed by atoms with E-state index in [4.69, 9.17) is 23.2 Å². The number of rotatable bonds is 1. The molecule has 13 heavy (non-hydrogen) atoms. The summed E-state index contributed by atoms with van der Waals surface area (Å²) in [6.45, 7) is 1.08. The molecule has 0 spiro atoms. The first kappa shape index (κ1) is 9.32. The summed E-state index contributed by atoms with van der Waals surface area (Å²) >= 11 is 12.0. The fourth-order valence-corrected chi connectivity index (χ4v) is 2.18. The minimum Gasteiger partial charge on any atom is -0.310 e. The third kappa shape index (κ3) is 1.83. The molecule has 1 aromatic carbocycles. The van der Waals surface area contributed by atoms with E-state index in [1.54, 1.807) is 0 Å². The Balaban J connectivity index is 2.33. The maximum atomic E-state index is 6.10. The normalized spacial score (nSPS) is 22.2. The first-order valence-corrected chi connectivity index (χ1v) is 5.22. The fraction of sp³-hybridized carbons (Fsp3) is 0.400. The van der Waals surface area contributed by atoms with Crippen molar-refractivity contribution in [2.75, 3.05) is 6.54 Å². The van der Waals surface area contributed by atoms with E-state index in [-0.39, 0.29) is 0 Å². The van der Waals surface area contributed by atoms with Gasteiger partial charge in [0, 0.05) is 6.04 Å². The van der Waals surface area contributed by atoms with Crippen LogP contribution < -0.4 is 5.32 Å². The van der Waals surface area contributed by atoms with Crippen LogP contribution in [0.2, 0.25) is 10.0 Å². The highest BCUT2D eigenvalue weighted by Gasteiger charge is 2.19. The van der Waals surface area contributed by atoms with Crippen LogP contribution in [0.4, 0.5) is 0 Å². The summed E-state index contributed by atoms with van der Waals surface area (Å²) < 4.78 is 0. The highest BCUT2D eigenvalue weighted by atomic mass is 35.5. The van der Waals surface area contributed by atoms with Crippen molar-refractivity contribution in [2.45, 2.75) is 18.9 Å². The molecule has 0 amide bonds. The molecular formula is C10H11Cl2N. The van der Waals surface area contributed by atoms with E-state index in [1.807, 2.05) is 18.2 Å². The van der Waals surface area contributed by atoms with Gasteiger partial charge in [-0.2, -0.15) is 0 Å². The van der Waals surface area contributed by atoms with Crippen molar-refractivity contribution in [1.29, 1.82) is 0 Å². The third-order valence-corrected chi connectivity index (χ3v) is 3.25. The van der Waals surface area contributed by atoms with Crippen LogP contribution in [0.3, 0.4) is 0 Å². The van der Waals surface area contributed by atoms with Crippen molar-refractivity contribution < 1.29 is 0 Å². The number of benzene rings is 1. The summed E-state index contributed by atoms with van der Waals surface area (Å²) in [5.74, 6) is 0. The van der Waals surface area contributed by atoms with Gasteiger partial charge in [0.25, 0.3) is 0 Å². The van der Waals surface area contributed by atoms with Crippen LogP contribution in [0, 0.1) is 0 Å². The molecule has 1 aliphatic rings. The van der Waals surface area contributed by atoms with Crippen LogP contribution in [0.25, 0.3) is 0 Å². The topological polar surface area (TPSA) is 12.0 Å². The van der Waals surface area contributed by atoms with Gasteiger partial charge in [0.15, 0.2) is 0 Å². The molecule has 2 rings (SSSR count). The first-order chi connectivity index (χ1) is 6.29. The van der Waals surface area contributed by atoms with E-state index < -0.39 is 0 Å². The Bertz CT molecular complexity index is 306. The summed E-state index contributed by atoms with van der Waals surface area (Å²) in [4.78, 5) is 0. The summed E-state index contributed by atoms with van der Waals surface area (Å²) in [6.07, 6.45) is 2.37. The van der Waals surface area contributed by atoms with Gasteiger partial charge in [0.1, 0.15) is 0 Å². The van der Waals surface area contributed by atoms with E-state index in [0.717, 1.165) is 18.5 Å². The molecule has 0 aliphatic carbocycles. The molecule has 1 N–H and O–H groups in total. The standard InChI is InChI=1S/C10H11Cl2N/c11-8-4-1-3-7(10(8)12)9-5-2-6-13-9/h1,3-4,9,13H,2,5-6H2/t9-/m0/s1. The van der Waals surface area contributed by atoms with E-state index in [9.17, 15) is 0 Å². The SMILES string of the molecule is Clc1cccc([C@@H]2CCCN2)c1Cl. The lowest BCUT2D eigenvalue weighted by molar-refractivity contribution is 0.648. The Labute approximate surface area is 88.0 Å². The Morgan fingerprint density at radius 3 is 2.85 bits per heavy atom. The molecule has 1 aromatic rings. The van der Waals surface area contributed by atoms with E-state index in [1.165, 1.54) is 6.42 Å². The Morgan fingerprint density at radius 1 is 1.31 bits per heavy atom. The molecule has 1 nitrogen and oxygen atoms in total. The molecule has 1 fully saturated rings. The van der Waals surface area contributed by atoms with Crippen molar-refractivity contribution in [3.8, 4) is 0 Å². The second-order valence-corrected chi connectivity index (χ2v) is 4.08. The number of hydrogen-bond donors (Lipinski definition) is 1. The van der Waals surface area contributed by atoms with Gasteiger partial charge in [-0.15, -0.1) is 0 Å². The van der Waals surface area contributed by atoms with Crippen molar-refractivity contribution in [2.24, 2.45) is 0 Å². The third-order valence-electron chi connectivity index (χ3n) is 2.42. The quantitative estimate of drug-likeness (QED) is 0.758. The second-order valence-electron chi connectivity index (χ2n) is 3.29. The average molecular weight is 216 g/mol. The minimum absolute atomic E-state index is 0.395. The summed E-state index contributed by atoms with van der Waals surface area (Å²) in [5.41, 5.74) is 1.13. The number of nitrogens with one attached hydrogen (secondary N) is 1. The molecule has 0 radical (unpaired) electrons. The Morgan fingerprint density at radius 2 is 2.15 bits per heavy atom. The zero-order chi connectivity index (χ0) is 9.26. The van der Waals surface area contributed by atoms with E-state index >= 15 is 0 Å². The fourth-order valence-electron chi connectivity index (χ4n) is 1.74. The molecule has 70 valence electrons. The average Bonchev–Trinajstić information content (AvgIpc) is 2.62. The number of halogens is 2. The molecule has 0 unspecified atom stereocenters. The second kappa shape index (κ2) is 3.87. The summed E-state index contributed by atoms with van der Waals surface area (Å²) in [5, 5.41) is 4.74. The van der Waals surface area contributed by atoms with Crippen LogP contribution in [0.5, 0.6) is 0 Å². The molecule has 1 atom stereocenters. The summed E-state index contributed by atoms with van der Waals surface area (Å²) in [6, 6.07) is 6.20. The monoisotopic (exact) mass is 215 g/mol. The van der Waals surface area contributed by atoms with Gasteiger partial charge in [-0.25, -0.2) is 0 Å². The molecule has 0 aromatic heterocycles. The highest BCUT2D eigenvalue weighted by Crippen LogP contribution is 2.33. The van der Waals surface area contributed by atoms with Crippen LogP contribution in [0.15, 0.2) is 18.2 Å². The van der Waals surface area contributed by atoms with Gasteiger partial charge in [0.2, 0.25) is 0 Å². The van der Waals surface area contributed by atoms with Crippen molar-refractivity contribution >= 4 is 23.2 Å². The van der Waals surface area contributed by atoms with E-state index in [0.29, 0.717) is 16.1 Å². The maximum Gasteiger partial charge on any atom is 0.0640 e. The first-order valence-electron chi connectivity index (χ1n) is 4.46. The minimum atomic E-state index is 0.395. The number of hydrogen-bond acceptors (Lipinski definition) is 1. The molecule has 0 bridgehead atoms. The largest absolute Gasteiger partial charge is 0.310 e. The van der Waals surface area contributed by atoms with Crippen molar-refractivity contribution in [3.05, 3.63) is 33.8 Å². The Hall–Kier alpha value is -0.240. The van der Waals surface area contributed by atoms with Gasteiger partial charge in [-0.05, 0) is 31.0 Å². The van der Waals surface area contributed by atoms with Crippen LogP contribution in [-0.2, 0) is 0 Å².